The van der Waals surface area contributed by atoms with Gasteiger partial charge in [-0.15, -0.1) is 0 Å². The number of rotatable bonds is 1. The Morgan fingerprint density at radius 3 is 2.67 bits per heavy atom. The van der Waals surface area contributed by atoms with Crippen molar-refractivity contribution < 1.29 is 14.6 Å². The Balaban J connectivity index is 2.11. The fourth-order valence-corrected chi connectivity index (χ4v) is 0.766. The highest BCUT2D eigenvalue weighted by Gasteiger charge is 2.27. The van der Waals surface area contributed by atoms with Crippen LogP contribution in [0.3, 0.4) is 0 Å². The first kappa shape index (κ1) is 6.51. The van der Waals surface area contributed by atoms with Gasteiger partial charge in [0.1, 0.15) is 13.1 Å². The molecule has 0 saturated carbocycles. The third kappa shape index (κ3) is 1.65. The predicted molar refractivity (Wildman–Crippen MR) is 29.6 cm³/mol. The van der Waals surface area contributed by atoms with Crippen molar-refractivity contribution in [2.45, 2.75) is 13.0 Å². The van der Waals surface area contributed by atoms with E-state index in [9.17, 15) is 10.0 Å². The van der Waals surface area contributed by atoms with Crippen molar-refractivity contribution in [2.24, 2.45) is 0 Å². The molecule has 0 aromatic rings. The number of carbonyl (C=O) groups is 1. The van der Waals surface area contributed by atoms with Gasteiger partial charge in [0.15, 0.2) is 6.10 Å². The van der Waals surface area contributed by atoms with Crippen LogP contribution in [0, 0.1) is 5.21 Å². The molecule has 1 saturated heterocycles. The summed E-state index contributed by atoms with van der Waals surface area (Å²) in [4.78, 5) is 10.2. The molecule has 4 nitrogen and oxygen atoms in total. The van der Waals surface area contributed by atoms with Crippen LogP contribution in [0.4, 0.5) is 0 Å². The molecule has 0 atom stereocenters. The van der Waals surface area contributed by atoms with Gasteiger partial charge in [0.05, 0.1) is 0 Å². The molecule has 1 rings (SSSR count). The molecule has 0 bridgehead atoms. The van der Waals surface area contributed by atoms with Gasteiger partial charge in [0.25, 0.3) is 0 Å². The summed E-state index contributed by atoms with van der Waals surface area (Å²) < 4.78 is 4.70. The number of ether oxygens (including phenoxy) is 1. The van der Waals surface area contributed by atoms with Crippen molar-refractivity contribution >= 4 is 5.97 Å². The second-order valence-corrected chi connectivity index (χ2v) is 2.18. The Labute approximate surface area is 53.0 Å². The quantitative estimate of drug-likeness (QED) is 0.341. The average Bonchev–Trinajstić information content (AvgIpc) is 1.60. The Morgan fingerprint density at radius 2 is 2.33 bits per heavy atom. The van der Waals surface area contributed by atoms with Crippen LogP contribution in [-0.4, -0.2) is 25.2 Å². The number of hydroxylamine groups is 2. The highest BCUT2D eigenvalue weighted by molar-refractivity contribution is 5.66. The molecule has 4 heteroatoms. The first-order chi connectivity index (χ1) is 4.18. The average molecular weight is 131 g/mol. The van der Waals surface area contributed by atoms with Crippen molar-refractivity contribution in [1.29, 1.82) is 0 Å². The molecule has 1 heterocycles. The molecular weight excluding hydrogens is 122 g/mol. The molecule has 0 aromatic carbocycles. The van der Waals surface area contributed by atoms with Crippen LogP contribution in [0.25, 0.3) is 0 Å². The fraction of sp³-hybridized carbons (Fsp3) is 0.800. The van der Waals surface area contributed by atoms with E-state index in [-0.39, 0.29) is 17.1 Å². The second-order valence-electron chi connectivity index (χ2n) is 2.18. The molecule has 0 spiro atoms. The van der Waals surface area contributed by atoms with Crippen molar-refractivity contribution in [1.82, 2.24) is 0 Å². The van der Waals surface area contributed by atoms with Gasteiger partial charge in [0.2, 0.25) is 0 Å². The van der Waals surface area contributed by atoms with Crippen LogP contribution in [0.2, 0.25) is 0 Å². The topological polar surface area (TPSA) is 53.8 Å². The second kappa shape index (κ2) is 2.33. The van der Waals surface area contributed by atoms with Gasteiger partial charge >= 0.3 is 5.97 Å². The SMILES string of the molecule is CC(=O)OC1C[NH+]([O-])C1. The lowest BCUT2D eigenvalue weighted by Crippen LogP contribution is -3.17. The Kier molecular flexibility index (Phi) is 1.68. The molecule has 1 fully saturated rings. The van der Waals surface area contributed by atoms with Gasteiger partial charge in [0, 0.05) is 6.92 Å². The van der Waals surface area contributed by atoms with Crippen LogP contribution >= 0.6 is 0 Å². The zero-order chi connectivity index (χ0) is 6.85. The van der Waals surface area contributed by atoms with E-state index >= 15 is 0 Å². The zero-order valence-corrected chi connectivity index (χ0v) is 5.22. The normalized spacial score (nSPS) is 33.1. The number of carbonyl (C=O) groups excluding carboxylic acids is 1. The van der Waals surface area contributed by atoms with E-state index in [2.05, 4.69) is 0 Å². The van der Waals surface area contributed by atoms with Gasteiger partial charge in [-0.1, -0.05) is 0 Å². The predicted octanol–water partition coefficient (Wildman–Crippen LogP) is -1.69. The number of hydrogen-bond acceptors (Lipinski definition) is 3. The molecule has 0 radical (unpaired) electrons. The van der Waals surface area contributed by atoms with Gasteiger partial charge in [-0.25, -0.2) is 0 Å². The molecule has 1 N–H and O–H groups in total. The first-order valence-electron chi connectivity index (χ1n) is 2.87. The zero-order valence-electron chi connectivity index (χ0n) is 5.22. The number of nitrogens with one attached hydrogen (secondary N) is 1. The summed E-state index contributed by atoms with van der Waals surface area (Å²) in [6, 6.07) is 0. The lowest BCUT2D eigenvalue weighted by atomic mass is 10.2. The van der Waals surface area contributed by atoms with Crippen LogP contribution in [0.15, 0.2) is 0 Å². The minimum Gasteiger partial charge on any atom is -0.634 e. The maximum atomic E-state index is 10.3. The number of quaternary nitrogens is 1. The molecule has 52 valence electrons. The van der Waals surface area contributed by atoms with Gasteiger partial charge in [-0.05, 0) is 0 Å². The fourth-order valence-electron chi connectivity index (χ4n) is 0.766. The van der Waals surface area contributed by atoms with E-state index < -0.39 is 0 Å². The molecule has 0 aliphatic carbocycles. The maximum absolute atomic E-state index is 10.3. The highest BCUT2D eigenvalue weighted by atomic mass is 16.6. The summed E-state index contributed by atoms with van der Waals surface area (Å²) in [5.74, 6) is -0.299. The smallest absolute Gasteiger partial charge is 0.303 e. The third-order valence-electron chi connectivity index (χ3n) is 1.24. The Morgan fingerprint density at radius 1 is 1.78 bits per heavy atom. The molecule has 0 aromatic heterocycles. The van der Waals surface area contributed by atoms with Gasteiger partial charge in [-0.2, -0.15) is 0 Å². The van der Waals surface area contributed by atoms with Crippen molar-refractivity contribution in [2.75, 3.05) is 13.1 Å². The maximum Gasteiger partial charge on any atom is 0.303 e. The summed E-state index contributed by atoms with van der Waals surface area (Å²) in [6.45, 7) is 2.18. The molecule has 0 unspecified atom stereocenters. The van der Waals surface area contributed by atoms with Crippen LogP contribution in [-0.2, 0) is 9.53 Å². The number of hydrogen-bond donors (Lipinski definition) is 1. The monoisotopic (exact) mass is 131 g/mol. The van der Waals surface area contributed by atoms with Gasteiger partial charge < -0.3 is 15.0 Å². The summed E-state index contributed by atoms with van der Waals surface area (Å²) in [6.07, 6.45) is -0.116. The van der Waals surface area contributed by atoms with E-state index in [4.69, 9.17) is 4.74 Å². The summed E-state index contributed by atoms with van der Waals surface area (Å²) in [5.41, 5.74) is 0. The van der Waals surface area contributed by atoms with E-state index in [0.29, 0.717) is 13.1 Å². The molecular formula is C5H9NO3. The van der Waals surface area contributed by atoms with E-state index in [1.54, 1.807) is 0 Å². The Bertz CT molecular complexity index is 119. The van der Waals surface area contributed by atoms with Crippen molar-refractivity contribution in [3.05, 3.63) is 5.21 Å². The third-order valence-corrected chi connectivity index (χ3v) is 1.24. The lowest BCUT2D eigenvalue weighted by molar-refractivity contribution is -0.900. The largest absolute Gasteiger partial charge is 0.634 e. The van der Waals surface area contributed by atoms with Crippen LogP contribution < -0.4 is 5.06 Å². The standard InChI is InChI=1S/C5H9NO3/c1-4(7)9-5-2-6(8)3-5/h5-6H,2-3H2,1H3. The molecule has 0 amide bonds. The summed E-state index contributed by atoms with van der Waals surface area (Å²) in [5, 5.41) is 10.5. The Hall–Kier alpha value is -0.610. The van der Waals surface area contributed by atoms with Crippen molar-refractivity contribution in [3.63, 3.8) is 0 Å². The molecule has 9 heavy (non-hydrogen) atoms. The number of esters is 1. The molecule has 1 aliphatic rings. The van der Waals surface area contributed by atoms with E-state index in [1.165, 1.54) is 6.92 Å². The van der Waals surface area contributed by atoms with Crippen LogP contribution in [0.1, 0.15) is 6.92 Å². The van der Waals surface area contributed by atoms with E-state index in [1.807, 2.05) is 0 Å². The van der Waals surface area contributed by atoms with Gasteiger partial charge in [-0.3, -0.25) is 4.79 Å². The van der Waals surface area contributed by atoms with Crippen LogP contribution in [0.5, 0.6) is 0 Å². The van der Waals surface area contributed by atoms with E-state index in [0.717, 1.165) is 0 Å². The summed E-state index contributed by atoms with van der Waals surface area (Å²) >= 11 is 0. The van der Waals surface area contributed by atoms with Crippen molar-refractivity contribution in [3.8, 4) is 0 Å². The molecule has 1 aliphatic heterocycles. The summed E-state index contributed by atoms with van der Waals surface area (Å²) in [7, 11) is 0. The minimum absolute atomic E-state index is 0.116. The highest BCUT2D eigenvalue weighted by Crippen LogP contribution is 1.92. The lowest BCUT2D eigenvalue weighted by Gasteiger charge is -2.36. The minimum atomic E-state index is -0.299. The first-order valence-corrected chi connectivity index (χ1v) is 2.87.